The Kier molecular flexibility index (Phi) is 5.26. The normalized spacial score (nSPS) is 11.2. The van der Waals surface area contributed by atoms with Gasteiger partial charge >= 0.3 is 0 Å². The summed E-state index contributed by atoms with van der Waals surface area (Å²) in [5.41, 5.74) is 6.92. The minimum atomic E-state index is -0.328. The largest absolute Gasteiger partial charge is 0.272 e. The molecule has 0 aliphatic rings. The van der Waals surface area contributed by atoms with Crippen molar-refractivity contribution in [3.63, 3.8) is 0 Å². The van der Waals surface area contributed by atoms with Crippen LogP contribution in [0.2, 0.25) is 5.02 Å². The Balaban J connectivity index is 1.72. The maximum absolute atomic E-state index is 12.1. The van der Waals surface area contributed by atoms with E-state index in [0.29, 0.717) is 10.6 Å². The lowest BCUT2D eigenvalue weighted by atomic mass is 10.0. The van der Waals surface area contributed by atoms with Crippen LogP contribution in [0.25, 0.3) is 11.1 Å². The van der Waals surface area contributed by atoms with E-state index in [9.17, 15) is 4.79 Å². The van der Waals surface area contributed by atoms with Gasteiger partial charge in [0.25, 0.3) is 5.91 Å². The number of hydrazone groups is 1. The number of benzene rings is 3. The van der Waals surface area contributed by atoms with Gasteiger partial charge in [-0.15, -0.1) is 0 Å². The molecule has 0 heterocycles. The second-order valence-electron chi connectivity index (χ2n) is 5.56. The van der Waals surface area contributed by atoms with Crippen molar-refractivity contribution in [3.8, 4) is 11.1 Å². The van der Waals surface area contributed by atoms with Crippen molar-refractivity contribution in [1.29, 1.82) is 0 Å². The summed E-state index contributed by atoms with van der Waals surface area (Å²) in [5.74, 6) is -0.328. The first kappa shape index (κ1) is 16.9. The average Bonchev–Trinajstić information content (AvgIpc) is 2.67. The molecule has 0 aliphatic heterocycles. The molecule has 0 saturated heterocycles. The van der Waals surface area contributed by atoms with Crippen molar-refractivity contribution in [2.24, 2.45) is 5.10 Å². The lowest BCUT2D eigenvalue weighted by molar-refractivity contribution is 0.0955. The van der Waals surface area contributed by atoms with Crippen LogP contribution in [0.3, 0.4) is 0 Å². The van der Waals surface area contributed by atoms with Crippen LogP contribution in [0.5, 0.6) is 0 Å². The van der Waals surface area contributed by atoms with Crippen molar-refractivity contribution < 1.29 is 4.79 Å². The van der Waals surface area contributed by atoms with Gasteiger partial charge in [-0.2, -0.15) is 5.10 Å². The molecule has 0 fully saturated rings. The summed E-state index contributed by atoms with van der Waals surface area (Å²) in [7, 11) is 0. The number of carbonyl (C=O) groups is 1. The fraction of sp³-hybridized carbons (Fsp3) is 0.0476. The van der Waals surface area contributed by atoms with Crippen molar-refractivity contribution in [2.75, 3.05) is 0 Å². The van der Waals surface area contributed by atoms with Crippen LogP contribution in [-0.2, 0) is 0 Å². The van der Waals surface area contributed by atoms with E-state index >= 15 is 0 Å². The van der Waals surface area contributed by atoms with Crippen LogP contribution in [0.4, 0.5) is 0 Å². The maximum atomic E-state index is 12.1. The predicted octanol–water partition coefficient (Wildman–Crippen LogP) is 5.16. The van der Waals surface area contributed by atoms with Gasteiger partial charge in [0.2, 0.25) is 0 Å². The van der Waals surface area contributed by atoms with Gasteiger partial charge in [0, 0.05) is 0 Å². The zero-order valence-corrected chi connectivity index (χ0v) is 14.5. The molecular formula is C21H17ClN2O. The number of halogens is 1. The molecule has 3 rings (SSSR count). The minimum absolute atomic E-state index is 0.328. The first-order valence-corrected chi connectivity index (χ1v) is 8.28. The van der Waals surface area contributed by atoms with E-state index in [1.54, 1.807) is 24.3 Å². The molecule has 0 saturated carbocycles. The third-order valence-corrected chi connectivity index (χ3v) is 4.18. The summed E-state index contributed by atoms with van der Waals surface area (Å²) >= 11 is 6.02. The van der Waals surface area contributed by atoms with Gasteiger partial charge in [-0.1, -0.05) is 78.3 Å². The molecule has 0 aromatic heterocycles. The quantitative estimate of drug-likeness (QED) is 0.513. The van der Waals surface area contributed by atoms with E-state index in [1.165, 1.54) is 0 Å². The summed E-state index contributed by atoms with van der Waals surface area (Å²) in [6.07, 6.45) is 0. The summed E-state index contributed by atoms with van der Waals surface area (Å²) in [4.78, 5) is 12.1. The van der Waals surface area contributed by atoms with E-state index in [1.807, 2.05) is 49.4 Å². The molecule has 0 bridgehead atoms. The molecule has 0 aliphatic carbocycles. The van der Waals surface area contributed by atoms with E-state index < -0.39 is 0 Å². The number of hydrogen-bond acceptors (Lipinski definition) is 2. The third kappa shape index (κ3) is 4.14. The summed E-state index contributed by atoms with van der Waals surface area (Å²) in [6, 6.07) is 25.1. The smallest absolute Gasteiger partial charge is 0.267 e. The highest BCUT2D eigenvalue weighted by molar-refractivity contribution is 6.33. The standard InChI is InChI=1S/C21H17ClN2O/c1-15(23-24-21(25)19-9-5-6-10-20(19)22)16-11-13-18(14-12-16)17-7-3-2-4-8-17/h2-14H,1H3,(H,24,25). The fourth-order valence-corrected chi connectivity index (χ4v) is 2.66. The highest BCUT2D eigenvalue weighted by atomic mass is 35.5. The van der Waals surface area contributed by atoms with Gasteiger partial charge in [-0.3, -0.25) is 4.79 Å². The zero-order chi connectivity index (χ0) is 17.6. The highest BCUT2D eigenvalue weighted by Crippen LogP contribution is 2.19. The molecule has 3 aromatic rings. The minimum Gasteiger partial charge on any atom is -0.267 e. The second-order valence-corrected chi connectivity index (χ2v) is 5.97. The van der Waals surface area contributed by atoms with Crippen LogP contribution in [-0.4, -0.2) is 11.6 Å². The first-order chi connectivity index (χ1) is 12.1. The van der Waals surface area contributed by atoms with Crippen molar-refractivity contribution >= 4 is 23.2 Å². The van der Waals surface area contributed by atoms with Crippen molar-refractivity contribution in [2.45, 2.75) is 6.92 Å². The molecule has 0 radical (unpaired) electrons. The first-order valence-electron chi connectivity index (χ1n) is 7.90. The zero-order valence-electron chi connectivity index (χ0n) is 13.7. The van der Waals surface area contributed by atoms with Crippen molar-refractivity contribution in [1.82, 2.24) is 5.43 Å². The highest BCUT2D eigenvalue weighted by Gasteiger charge is 2.08. The van der Waals surface area contributed by atoms with Gasteiger partial charge < -0.3 is 0 Å². The Bertz CT molecular complexity index is 903. The predicted molar refractivity (Wildman–Crippen MR) is 103 cm³/mol. The number of nitrogens with one attached hydrogen (secondary N) is 1. The van der Waals surface area contributed by atoms with Gasteiger partial charge in [0.1, 0.15) is 0 Å². The van der Waals surface area contributed by atoms with Crippen LogP contribution < -0.4 is 5.43 Å². The molecule has 4 heteroatoms. The van der Waals surface area contributed by atoms with Gasteiger partial charge in [0.15, 0.2) is 0 Å². The maximum Gasteiger partial charge on any atom is 0.272 e. The number of carbonyl (C=O) groups excluding carboxylic acids is 1. The van der Waals surface area contributed by atoms with Crippen molar-refractivity contribution in [3.05, 3.63) is 95.0 Å². The van der Waals surface area contributed by atoms with E-state index in [-0.39, 0.29) is 5.91 Å². The summed E-state index contributed by atoms with van der Waals surface area (Å²) in [6.45, 7) is 1.85. The monoisotopic (exact) mass is 348 g/mol. The van der Waals surface area contributed by atoms with E-state index in [4.69, 9.17) is 11.6 Å². The van der Waals surface area contributed by atoms with Crippen LogP contribution >= 0.6 is 11.6 Å². The second kappa shape index (κ2) is 7.77. The molecule has 3 nitrogen and oxygen atoms in total. The number of nitrogens with zero attached hydrogens (tertiary/aromatic N) is 1. The number of amides is 1. The molecule has 0 atom stereocenters. The van der Waals surface area contributed by atoms with Crippen LogP contribution in [0.15, 0.2) is 84.0 Å². The molecule has 0 spiro atoms. The van der Waals surface area contributed by atoms with Crippen LogP contribution in [0, 0.1) is 0 Å². The summed E-state index contributed by atoms with van der Waals surface area (Å²) < 4.78 is 0. The number of hydrogen-bond donors (Lipinski definition) is 1. The molecule has 124 valence electrons. The lowest BCUT2D eigenvalue weighted by Gasteiger charge is -2.06. The third-order valence-electron chi connectivity index (χ3n) is 3.85. The SMILES string of the molecule is CC(=NNC(=O)c1ccccc1Cl)c1ccc(-c2ccccc2)cc1. The Morgan fingerprint density at radius 1 is 0.840 bits per heavy atom. The topological polar surface area (TPSA) is 41.5 Å². The average molecular weight is 349 g/mol. The van der Waals surface area contributed by atoms with E-state index in [0.717, 1.165) is 22.4 Å². The Morgan fingerprint density at radius 2 is 1.44 bits per heavy atom. The molecular weight excluding hydrogens is 332 g/mol. The molecule has 25 heavy (non-hydrogen) atoms. The van der Waals surface area contributed by atoms with Gasteiger partial charge in [-0.25, -0.2) is 5.43 Å². The van der Waals surface area contributed by atoms with Gasteiger partial charge in [-0.05, 0) is 35.7 Å². The fourth-order valence-electron chi connectivity index (χ4n) is 2.44. The molecule has 3 aromatic carbocycles. The molecule has 1 N–H and O–H groups in total. The lowest BCUT2D eigenvalue weighted by Crippen LogP contribution is -2.19. The number of rotatable bonds is 4. The van der Waals surface area contributed by atoms with Crippen LogP contribution in [0.1, 0.15) is 22.8 Å². The molecule has 0 unspecified atom stereocenters. The summed E-state index contributed by atoms with van der Waals surface area (Å²) in [5, 5.41) is 4.58. The van der Waals surface area contributed by atoms with Gasteiger partial charge in [0.05, 0.1) is 16.3 Å². The Labute approximate surface area is 152 Å². The Hall–Kier alpha value is -2.91. The Morgan fingerprint density at radius 3 is 2.12 bits per heavy atom. The van der Waals surface area contributed by atoms with E-state index in [2.05, 4.69) is 22.7 Å². The molecule has 1 amide bonds.